The highest BCUT2D eigenvalue weighted by Gasteiger charge is 2.21. The average molecular weight is 235 g/mol. The van der Waals surface area contributed by atoms with E-state index in [1.54, 1.807) is 6.07 Å². The number of nitrogens with one attached hydrogen (secondary N) is 1. The van der Waals surface area contributed by atoms with Crippen LogP contribution >= 0.6 is 0 Å². The first-order chi connectivity index (χ1) is 8.25. The number of imidazole rings is 1. The lowest BCUT2D eigenvalue weighted by Gasteiger charge is -2.23. The maximum absolute atomic E-state index is 13.1. The largest absolute Gasteiger partial charge is 0.378 e. The van der Waals surface area contributed by atoms with E-state index in [4.69, 9.17) is 4.74 Å². The lowest BCUT2D eigenvalue weighted by Crippen LogP contribution is -2.36. The third-order valence-electron chi connectivity index (χ3n) is 3.11. The van der Waals surface area contributed by atoms with E-state index in [0.717, 1.165) is 24.5 Å². The van der Waals surface area contributed by atoms with E-state index < -0.39 is 0 Å². The number of benzene rings is 1. The first-order valence-electron chi connectivity index (χ1n) is 5.69. The summed E-state index contributed by atoms with van der Waals surface area (Å²) in [6.45, 7) is 2.16. The summed E-state index contributed by atoms with van der Waals surface area (Å²) in [6, 6.07) is 4.76. The van der Waals surface area contributed by atoms with Crippen LogP contribution in [0.3, 0.4) is 0 Å². The van der Waals surface area contributed by atoms with Crippen LogP contribution in [0.25, 0.3) is 11.0 Å². The van der Waals surface area contributed by atoms with Gasteiger partial charge in [-0.15, -0.1) is 0 Å². The van der Waals surface area contributed by atoms with Crippen LogP contribution in [0.4, 0.5) is 4.39 Å². The molecule has 0 aliphatic carbocycles. The summed E-state index contributed by atoms with van der Waals surface area (Å²) >= 11 is 0. The minimum absolute atomic E-state index is 0.0872. The second-order valence-corrected chi connectivity index (χ2v) is 4.24. The molecule has 0 spiro atoms. The Hall–Kier alpha value is -1.46. The summed E-state index contributed by atoms with van der Waals surface area (Å²) in [5.74, 6) is 0.639. The van der Waals surface area contributed by atoms with Crippen molar-refractivity contribution in [1.82, 2.24) is 14.9 Å². The number of nitrogens with zero attached hydrogens (tertiary/aromatic N) is 2. The Kier molecular flexibility index (Phi) is 2.57. The van der Waals surface area contributed by atoms with Gasteiger partial charge in [-0.3, -0.25) is 0 Å². The summed E-state index contributed by atoms with van der Waals surface area (Å²) in [4.78, 5) is 4.48. The van der Waals surface area contributed by atoms with Crippen molar-refractivity contribution < 1.29 is 9.13 Å². The number of halogens is 1. The zero-order valence-corrected chi connectivity index (χ0v) is 9.61. The normalized spacial score (nSPS) is 20.9. The van der Waals surface area contributed by atoms with Crippen molar-refractivity contribution in [2.75, 3.05) is 19.8 Å². The fourth-order valence-electron chi connectivity index (χ4n) is 2.23. The minimum Gasteiger partial charge on any atom is -0.378 e. The maximum atomic E-state index is 13.1. The Labute approximate surface area is 98.4 Å². The third kappa shape index (κ3) is 1.81. The van der Waals surface area contributed by atoms with Crippen LogP contribution in [0.5, 0.6) is 0 Å². The Bertz CT molecular complexity index is 546. The number of rotatable bonds is 1. The van der Waals surface area contributed by atoms with E-state index in [-0.39, 0.29) is 11.9 Å². The van der Waals surface area contributed by atoms with Crippen molar-refractivity contribution in [3.63, 3.8) is 0 Å². The molecule has 1 fully saturated rings. The Morgan fingerprint density at radius 1 is 1.53 bits per heavy atom. The molecule has 17 heavy (non-hydrogen) atoms. The SMILES string of the molecule is Cn1c(C2COCCN2)nc2cc(F)ccc21. The van der Waals surface area contributed by atoms with E-state index >= 15 is 0 Å². The average Bonchev–Trinajstić information content (AvgIpc) is 2.67. The van der Waals surface area contributed by atoms with Crippen molar-refractivity contribution in [1.29, 1.82) is 0 Å². The van der Waals surface area contributed by atoms with Crippen LogP contribution in [0.1, 0.15) is 11.9 Å². The summed E-state index contributed by atoms with van der Waals surface area (Å²) in [5.41, 5.74) is 1.63. The Balaban J connectivity index is 2.07. The number of aryl methyl sites for hydroxylation is 1. The topological polar surface area (TPSA) is 39.1 Å². The molecule has 4 nitrogen and oxygen atoms in total. The summed E-state index contributed by atoms with van der Waals surface area (Å²) in [6.07, 6.45) is 0. The summed E-state index contributed by atoms with van der Waals surface area (Å²) < 4.78 is 20.5. The fourth-order valence-corrected chi connectivity index (χ4v) is 2.23. The molecule has 1 aromatic heterocycles. The van der Waals surface area contributed by atoms with Gasteiger partial charge in [0.15, 0.2) is 0 Å². The van der Waals surface area contributed by atoms with E-state index in [9.17, 15) is 4.39 Å². The molecule has 1 aliphatic rings. The molecule has 1 N–H and O–H groups in total. The first-order valence-corrected chi connectivity index (χ1v) is 5.69. The molecule has 0 amide bonds. The summed E-state index contributed by atoms with van der Waals surface area (Å²) in [5, 5.41) is 3.35. The van der Waals surface area contributed by atoms with Crippen LogP contribution in [0.2, 0.25) is 0 Å². The van der Waals surface area contributed by atoms with Crippen LogP contribution in [-0.4, -0.2) is 29.3 Å². The molecular formula is C12H14FN3O. The van der Waals surface area contributed by atoms with Crippen molar-refractivity contribution >= 4 is 11.0 Å². The molecule has 1 unspecified atom stereocenters. The molecule has 1 atom stereocenters. The van der Waals surface area contributed by atoms with Gasteiger partial charge in [0.05, 0.1) is 30.3 Å². The Morgan fingerprint density at radius 2 is 2.41 bits per heavy atom. The molecule has 1 aliphatic heterocycles. The lowest BCUT2D eigenvalue weighted by molar-refractivity contribution is 0.0735. The van der Waals surface area contributed by atoms with Crippen molar-refractivity contribution in [2.45, 2.75) is 6.04 Å². The van der Waals surface area contributed by atoms with Crippen LogP contribution in [0, 0.1) is 5.82 Å². The van der Waals surface area contributed by atoms with Crippen molar-refractivity contribution in [2.24, 2.45) is 7.05 Å². The number of ether oxygens (including phenoxy) is 1. The minimum atomic E-state index is -0.255. The second kappa shape index (κ2) is 4.09. The van der Waals surface area contributed by atoms with Crippen molar-refractivity contribution in [3.8, 4) is 0 Å². The van der Waals surface area contributed by atoms with Gasteiger partial charge in [-0.05, 0) is 12.1 Å². The molecule has 2 aromatic rings. The standard InChI is InChI=1S/C12H14FN3O/c1-16-11-3-2-8(13)6-9(11)15-12(16)10-7-17-5-4-14-10/h2-3,6,10,14H,4-5,7H2,1H3. The zero-order valence-electron chi connectivity index (χ0n) is 9.61. The molecular weight excluding hydrogens is 221 g/mol. The third-order valence-corrected chi connectivity index (χ3v) is 3.11. The zero-order chi connectivity index (χ0) is 11.8. The van der Waals surface area contributed by atoms with Gasteiger partial charge in [-0.1, -0.05) is 0 Å². The highest BCUT2D eigenvalue weighted by molar-refractivity contribution is 5.76. The van der Waals surface area contributed by atoms with Gasteiger partial charge in [0, 0.05) is 19.7 Å². The molecule has 90 valence electrons. The molecule has 5 heteroatoms. The van der Waals surface area contributed by atoms with Gasteiger partial charge in [-0.25, -0.2) is 9.37 Å². The molecule has 1 saturated heterocycles. The monoisotopic (exact) mass is 235 g/mol. The number of hydrogen-bond donors (Lipinski definition) is 1. The van der Waals surface area contributed by atoms with Crippen molar-refractivity contribution in [3.05, 3.63) is 29.8 Å². The lowest BCUT2D eigenvalue weighted by atomic mass is 10.2. The number of hydrogen-bond acceptors (Lipinski definition) is 3. The quantitative estimate of drug-likeness (QED) is 0.811. The molecule has 3 rings (SSSR count). The highest BCUT2D eigenvalue weighted by Crippen LogP contribution is 2.21. The number of fused-ring (bicyclic) bond motifs is 1. The number of aromatic nitrogens is 2. The van der Waals surface area contributed by atoms with E-state index in [1.807, 2.05) is 11.6 Å². The van der Waals surface area contributed by atoms with Gasteiger partial charge in [0.1, 0.15) is 11.6 Å². The van der Waals surface area contributed by atoms with Crippen LogP contribution < -0.4 is 5.32 Å². The molecule has 0 radical (unpaired) electrons. The predicted octanol–water partition coefficient (Wildman–Crippen LogP) is 1.37. The molecule has 2 heterocycles. The van der Waals surface area contributed by atoms with Gasteiger partial charge in [-0.2, -0.15) is 0 Å². The summed E-state index contributed by atoms with van der Waals surface area (Å²) in [7, 11) is 1.94. The number of morpholine rings is 1. The maximum Gasteiger partial charge on any atom is 0.129 e. The molecule has 1 aromatic carbocycles. The highest BCUT2D eigenvalue weighted by atomic mass is 19.1. The van der Waals surface area contributed by atoms with Crippen LogP contribution in [0.15, 0.2) is 18.2 Å². The van der Waals surface area contributed by atoms with Crippen LogP contribution in [-0.2, 0) is 11.8 Å². The van der Waals surface area contributed by atoms with Gasteiger partial charge < -0.3 is 14.6 Å². The predicted molar refractivity (Wildman–Crippen MR) is 62.2 cm³/mol. The van der Waals surface area contributed by atoms with Gasteiger partial charge in [0.25, 0.3) is 0 Å². The second-order valence-electron chi connectivity index (χ2n) is 4.24. The Morgan fingerprint density at radius 3 is 3.18 bits per heavy atom. The smallest absolute Gasteiger partial charge is 0.129 e. The molecule has 0 bridgehead atoms. The van der Waals surface area contributed by atoms with E-state index in [0.29, 0.717) is 12.1 Å². The van der Waals surface area contributed by atoms with Gasteiger partial charge in [0.2, 0.25) is 0 Å². The van der Waals surface area contributed by atoms with Gasteiger partial charge >= 0.3 is 0 Å². The van der Waals surface area contributed by atoms with E-state index in [1.165, 1.54) is 12.1 Å². The first kappa shape index (κ1) is 10.7. The van der Waals surface area contributed by atoms with E-state index in [2.05, 4.69) is 10.3 Å². The molecule has 0 saturated carbocycles. The fraction of sp³-hybridized carbons (Fsp3) is 0.417.